The molecule has 0 bridgehead atoms. The lowest BCUT2D eigenvalue weighted by atomic mass is 10.1. The molecule has 126 valence electrons. The number of fused-ring (bicyclic) bond motifs is 1. The highest BCUT2D eigenvalue weighted by Gasteiger charge is 2.34. The molecule has 0 radical (unpaired) electrons. The van der Waals surface area contributed by atoms with Crippen molar-refractivity contribution in [3.8, 4) is 17.3 Å². The Morgan fingerprint density at radius 3 is 2.84 bits per heavy atom. The number of anilines is 1. The second kappa shape index (κ2) is 5.62. The number of hydrogen-bond donors (Lipinski definition) is 0. The highest BCUT2D eigenvalue weighted by Crippen LogP contribution is 2.30. The molecule has 1 aliphatic heterocycles. The number of nitrogens with zero attached hydrogens (tertiary/aromatic N) is 7. The Hall–Kier alpha value is -3.35. The predicted molar refractivity (Wildman–Crippen MR) is 81.5 cm³/mol. The summed E-state index contributed by atoms with van der Waals surface area (Å²) in [5, 5.41) is 16.8. The first-order valence-electron chi connectivity index (χ1n) is 7.46. The fourth-order valence-electron chi connectivity index (χ4n) is 2.84. The third-order valence-electron chi connectivity index (χ3n) is 4.08. The molecule has 1 unspecified atom stereocenters. The average molecular weight is 343 g/mol. The fraction of sp³-hybridized carbons (Fsp3) is 0.267. The molecule has 0 spiro atoms. The van der Waals surface area contributed by atoms with Crippen molar-refractivity contribution < 1.29 is 13.6 Å². The van der Waals surface area contributed by atoms with Crippen molar-refractivity contribution in [1.82, 2.24) is 24.4 Å². The number of carbonyl (C=O) groups is 1. The topological polar surface area (TPSA) is 92.1 Å². The largest absolute Gasteiger partial charge is 0.333 e. The van der Waals surface area contributed by atoms with Gasteiger partial charge in [0, 0.05) is 18.3 Å². The van der Waals surface area contributed by atoms with Gasteiger partial charge in [0.25, 0.3) is 0 Å². The summed E-state index contributed by atoms with van der Waals surface area (Å²) in [7, 11) is 0. The minimum atomic E-state index is -2.75. The lowest BCUT2D eigenvalue weighted by Gasteiger charge is -2.16. The maximum atomic E-state index is 12.7. The van der Waals surface area contributed by atoms with Gasteiger partial charge in [-0.25, -0.2) is 14.2 Å². The van der Waals surface area contributed by atoms with Crippen molar-refractivity contribution in [2.45, 2.75) is 13.0 Å². The molecule has 0 aromatic carbocycles. The molecule has 1 aliphatic rings. The Balaban J connectivity index is 1.83. The summed E-state index contributed by atoms with van der Waals surface area (Å²) in [5.74, 6) is -0.670. The van der Waals surface area contributed by atoms with Crippen LogP contribution in [-0.4, -0.2) is 36.8 Å². The van der Waals surface area contributed by atoms with Gasteiger partial charge in [0.2, 0.25) is 5.91 Å². The van der Waals surface area contributed by atoms with Crippen molar-refractivity contribution in [3.05, 3.63) is 30.9 Å². The fourth-order valence-corrected chi connectivity index (χ4v) is 2.84. The molecule has 0 aliphatic carbocycles. The predicted octanol–water partition coefficient (Wildman–Crippen LogP) is 1.86. The van der Waals surface area contributed by atoms with E-state index in [1.807, 2.05) is 6.07 Å². The molecule has 25 heavy (non-hydrogen) atoms. The summed E-state index contributed by atoms with van der Waals surface area (Å²) in [4.78, 5) is 18.3. The summed E-state index contributed by atoms with van der Waals surface area (Å²) in [5.41, 5.74) is 1.32. The molecule has 3 aromatic rings. The molecule has 3 aromatic heterocycles. The normalized spacial score (nSPS) is 17.6. The van der Waals surface area contributed by atoms with Crippen molar-refractivity contribution in [2.75, 3.05) is 11.4 Å². The number of aromatic nitrogens is 5. The second-order valence-corrected chi connectivity index (χ2v) is 5.56. The van der Waals surface area contributed by atoms with Crippen LogP contribution >= 0.6 is 0 Å². The Kier molecular flexibility index (Phi) is 3.42. The van der Waals surface area contributed by atoms with Gasteiger partial charge in [-0.3, -0.25) is 9.69 Å². The summed E-state index contributed by atoms with van der Waals surface area (Å²) in [6, 6.07) is 3.68. The van der Waals surface area contributed by atoms with Gasteiger partial charge < -0.3 is 0 Å². The number of nitriles is 1. The number of carbonyl (C=O) groups excluding carboxylic acids is 1. The number of rotatable bonds is 3. The van der Waals surface area contributed by atoms with E-state index in [9.17, 15) is 13.6 Å². The van der Waals surface area contributed by atoms with E-state index in [0.29, 0.717) is 40.2 Å². The minimum Gasteiger partial charge on any atom is -0.294 e. The third-order valence-corrected chi connectivity index (χ3v) is 4.08. The van der Waals surface area contributed by atoms with Gasteiger partial charge in [-0.15, -0.1) is 0 Å². The van der Waals surface area contributed by atoms with Crippen molar-refractivity contribution in [2.24, 2.45) is 5.92 Å². The Morgan fingerprint density at radius 1 is 1.32 bits per heavy atom. The number of halogens is 2. The van der Waals surface area contributed by atoms with Gasteiger partial charge in [-0.05, 0) is 12.5 Å². The maximum absolute atomic E-state index is 12.7. The Morgan fingerprint density at radius 2 is 2.16 bits per heavy atom. The molecule has 4 heterocycles. The monoisotopic (exact) mass is 343 g/mol. The van der Waals surface area contributed by atoms with E-state index in [1.54, 1.807) is 18.5 Å². The first-order chi connectivity index (χ1) is 12.1. The molecule has 10 heteroatoms. The highest BCUT2D eigenvalue weighted by molar-refractivity contribution is 6.01. The molecular formula is C15H11F2N7O. The molecule has 1 atom stereocenters. The summed E-state index contributed by atoms with van der Waals surface area (Å²) in [6.07, 6.45) is 6.00. The zero-order valence-electron chi connectivity index (χ0n) is 12.8. The molecule has 1 fully saturated rings. The molecule has 1 amide bonds. The Labute approximate surface area is 139 Å². The van der Waals surface area contributed by atoms with Crippen LogP contribution in [0, 0.1) is 17.2 Å². The SMILES string of the molecule is N#CC1CCN(c2nc(-c3cnn(C(F)F)c3)cn3nccc23)C1=O. The second-order valence-electron chi connectivity index (χ2n) is 5.56. The van der Waals surface area contributed by atoms with E-state index in [1.165, 1.54) is 21.8 Å². The van der Waals surface area contributed by atoms with Crippen molar-refractivity contribution >= 4 is 17.2 Å². The van der Waals surface area contributed by atoms with Crippen LogP contribution in [0.4, 0.5) is 14.6 Å². The van der Waals surface area contributed by atoms with Crippen LogP contribution in [0.15, 0.2) is 30.9 Å². The van der Waals surface area contributed by atoms with Crippen molar-refractivity contribution in [1.29, 1.82) is 5.26 Å². The van der Waals surface area contributed by atoms with Crippen LogP contribution in [0.1, 0.15) is 13.0 Å². The van der Waals surface area contributed by atoms with Crippen LogP contribution in [0.5, 0.6) is 0 Å². The number of hydrogen-bond acceptors (Lipinski definition) is 5. The van der Waals surface area contributed by atoms with Gasteiger partial charge in [0.05, 0.1) is 30.4 Å². The molecule has 0 N–H and O–H groups in total. The van der Waals surface area contributed by atoms with Crippen molar-refractivity contribution in [3.63, 3.8) is 0 Å². The van der Waals surface area contributed by atoms with Crippen LogP contribution in [0.2, 0.25) is 0 Å². The van der Waals surface area contributed by atoms with Gasteiger partial charge in [0.15, 0.2) is 5.82 Å². The van der Waals surface area contributed by atoms with E-state index in [4.69, 9.17) is 5.26 Å². The van der Waals surface area contributed by atoms with E-state index < -0.39 is 12.5 Å². The summed E-state index contributed by atoms with van der Waals surface area (Å²) in [6.45, 7) is -2.39. The average Bonchev–Trinajstić information content (AvgIpc) is 3.33. The minimum absolute atomic E-state index is 0.321. The molecular weight excluding hydrogens is 332 g/mol. The van der Waals surface area contributed by atoms with Crippen LogP contribution in [0.3, 0.4) is 0 Å². The van der Waals surface area contributed by atoms with Gasteiger partial charge in [-0.1, -0.05) is 0 Å². The van der Waals surface area contributed by atoms with Crippen LogP contribution < -0.4 is 4.90 Å². The van der Waals surface area contributed by atoms with Crippen LogP contribution in [0.25, 0.3) is 16.8 Å². The van der Waals surface area contributed by atoms with E-state index in [0.717, 1.165) is 0 Å². The van der Waals surface area contributed by atoms with Gasteiger partial charge in [-0.2, -0.15) is 24.2 Å². The number of amides is 1. The first kappa shape index (κ1) is 15.2. The van der Waals surface area contributed by atoms with E-state index in [-0.39, 0.29) is 5.91 Å². The van der Waals surface area contributed by atoms with Crippen LogP contribution in [-0.2, 0) is 4.79 Å². The molecule has 1 saturated heterocycles. The molecule has 4 rings (SSSR count). The Bertz CT molecular complexity index is 1000. The summed E-state index contributed by atoms with van der Waals surface area (Å²) >= 11 is 0. The van der Waals surface area contributed by atoms with E-state index in [2.05, 4.69) is 15.2 Å². The molecule has 8 nitrogen and oxygen atoms in total. The maximum Gasteiger partial charge on any atom is 0.333 e. The third kappa shape index (κ3) is 2.40. The number of alkyl halides is 2. The first-order valence-corrected chi connectivity index (χ1v) is 7.46. The van der Waals surface area contributed by atoms with Gasteiger partial charge in [0.1, 0.15) is 11.4 Å². The summed E-state index contributed by atoms with van der Waals surface area (Å²) < 4.78 is 27.5. The highest BCUT2D eigenvalue weighted by atomic mass is 19.3. The van der Waals surface area contributed by atoms with Gasteiger partial charge >= 0.3 is 6.55 Å². The lowest BCUT2D eigenvalue weighted by Crippen LogP contribution is -2.28. The smallest absolute Gasteiger partial charge is 0.294 e. The lowest BCUT2D eigenvalue weighted by molar-refractivity contribution is -0.119. The standard InChI is InChI=1S/C15H11F2N7O/c16-15(17)24-7-10(6-20-24)11-8-23-12(1-3-19-23)13(21-11)22-4-2-9(5-18)14(22)25/h1,3,6-9,15H,2,4H2. The molecule has 0 saturated carbocycles. The van der Waals surface area contributed by atoms with E-state index >= 15 is 0 Å². The quantitative estimate of drug-likeness (QED) is 0.724. The zero-order chi connectivity index (χ0) is 17.6. The zero-order valence-corrected chi connectivity index (χ0v) is 12.8.